The molecule has 0 aliphatic carbocycles. The van der Waals surface area contributed by atoms with Crippen molar-refractivity contribution in [3.8, 4) is 0 Å². The Morgan fingerprint density at radius 3 is 2.48 bits per heavy atom. The monoisotopic (exact) mass is 358 g/mol. The summed E-state index contributed by atoms with van der Waals surface area (Å²) in [6, 6.07) is 14.8. The van der Waals surface area contributed by atoms with Crippen molar-refractivity contribution >= 4 is 28.2 Å². The molecular formula is C21H22N6. The molecule has 0 amide bonds. The van der Waals surface area contributed by atoms with Gasteiger partial charge in [-0.3, -0.25) is 4.40 Å². The van der Waals surface area contributed by atoms with Crippen molar-refractivity contribution < 1.29 is 0 Å². The third kappa shape index (κ3) is 2.68. The Hall–Kier alpha value is -3.15. The summed E-state index contributed by atoms with van der Waals surface area (Å²) in [5, 5.41) is 9.48. The molecule has 1 saturated heterocycles. The fourth-order valence-corrected chi connectivity index (χ4v) is 4.02. The lowest BCUT2D eigenvalue weighted by Gasteiger charge is -2.37. The molecule has 3 heterocycles. The smallest absolute Gasteiger partial charge is 0.213 e. The van der Waals surface area contributed by atoms with Gasteiger partial charge in [0.15, 0.2) is 5.65 Å². The zero-order valence-electron chi connectivity index (χ0n) is 15.6. The molecule has 2 aromatic heterocycles. The standard InChI is InChI=1S/C21H22N6/c1-15-7-8-19(16(2)13-15)25-9-11-26(12-10-25)21-23-18-6-4-3-5-17(18)20-24-22-14-27(20)21/h3-8,13-14H,9-12H2,1-2H3. The number of fused-ring (bicyclic) bond motifs is 3. The predicted molar refractivity (Wildman–Crippen MR) is 109 cm³/mol. The Morgan fingerprint density at radius 2 is 1.67 bits per heavy atom. The second-order valence-electron chi connectivity index (χ2n) is 7.22. The summed E-state index contributed by atoms with van der Waals surface area (Å²) in [4.78, 5) is 9.72. The molecule has 6 heteroatoms. The number of aromatic nitrogens is 4. The zero-order chi connectivity index (χ0) is 18.4. The Morgan fingerprint density at radius 1 is 0.889 bits per heavy atom. The molecule has 0 N–H and O–H groups in total. The topological polar surface area (TPSA) is 49.6 Å². The van der Waals surface area contributed by atoms with Crippen LogP contribution in [0.5, 0.6) is 0 Å². The van der Waals surface area contributed by atoms with E-state index in [0.29, 0.717) is 0 Å². The van der Waals surface area contributed by atoms with Crippen molar-refractivity contribution in [1.29, 1.82) is 0 Å². The maximum atomic E-state index is 4.92. The van der Waals surface area contributed by atoms with E-state index >= 15 is 0 Å². The van der Waals surface area contributed by atoms with Gasteiger partial charge in [-0.2, -0.15) is 0 Å². The maximum Gasteiger partial charge on any atom is 0.213 e. The third-order valence-electron chi connectivity index (χ3n) is 5.38. The van der Waals surface area contributed by atoms with Crippen LogP contribution in [0.25, 0.3) is 16.6 Å². The summed E-state index contributed by atoms with van der Waals surface area (Å²) in [7, 11) is 0. The van der Waals surface area contributed by atoms with Crippen LogP contribution in [-0.2, 0) is 0 Å². The Labute approximate surface area is 158 Å². The number of hydrogen-bond acceptors (Lipinski definition) is 5. The first kappa shape index (κ1) is 16.1. The summed E-state index contributed by atoms with van der Waals surface area (Å²) in [5.41, 5.74) is 5.82. The van der Waals surface area contributed by atoms with E-state index in [4.69, 9.17) is 4.98 Å². The number of piperazine rings is 1. The van der Waals surface area contributed by atoms with Gasteiger partial charge in [-0.25, -0.2) is 4.98 Å². The average molecular weight is 358 g/mol. The summed E-state index contributed by atoms with van der Waals surface area (Å²) in [6.45, 7) is 8.13. The molecule has 1 aliphatic rings. The van der Waals surface area contributed by atoms with Gasteiger partial charge in [-0.15, -0.1) is 10.2 Å². The van der Waals surface area contributed by atoms with Crippen LogP contribution < -0.4 is 9.80 Å². The average Bonchev–Trinajstić information content (AvgIpc) is 3.18. The van der Waals surface area contributed by atoms with Crippen LogP contribution in [0.15, 0.2) is 48.8 Å². The van der Waals surface area contributed by atoms with Gasteiger partial charge in [-0.1, -0.05) is 29.8 Å². The molecule has 136 valence electrons. The Bertz CT molecular complexity index is 1120. The van der Waals surface area contributed by atoms with Crippen LogP contribution in [0, 0.1) is 13.8 Å². The molecule has 5 rings (SSSR count). The van der Waals surface area contributed by atoms with Crippen molar-refractivity contribution in [2.75, 3.05) is 36.0 Å². The van der Waals surface area contributed by atoms with Crippen molar-refractivity contribution in [2.24, 2.45) is 0 Å². The number of nitrogens with zero attached hydrogens (tertiary/aromatic N) is 6. The third-order valence-corrected chi connectivity index (χ3v) is 5.38. The SMILES string of the molecule is Cc1ccc(N2CCN(c3nc4ccccc4c4nncn34)CC2)c(C)c1. The number of hydrogen-bond donors (Lipinski definition) is 0. The van der Waals surface area contributed by atoms with Crippen LogP contribution >= 0.6 is 0 Å². The first-order valence-electron chi connectivity index (χ1n) is 9.36. The highest BCUT2D eigenvalue weighted by Crippen LogP contribution is 2.26. The second-order valence-corrected chi connectivity index (χ2v) is 7.22. The highest BCUT2D eigenvalue weighted by Gasteiger charge is 2.22. The van der Waals surface area contributed by atoms with E-state index < -0.39 is 0 Å². The molecule has 0 bridgehead atoms. The van der Waals surface area contributed by atoms with E-state index in [0.717, 1.165) is 48.7 Å². The van der Waals surface area contributed by atoms with Gasteiger partial charge in [0.05, 0.1) is 5.52 Å². The van der Waals surface area contributed by atoms with Gasteiger partial charge in [0.25, 0.3) is 0 Å². The van der Waals surface area contributed by atoms with Gasteiger partial charge >= 0.3 is 0 Å². The number of benzene rings is 2. The Kier molecular flexibility index (Phi) is 3.70. The molecule has 1 fully saturated rings. The molecule has 0 saturated carbocycles. The summed E-state index contributed by atoms with van der Waals surface area (Å²) >= 11 is 0. The van der Waals surface area contributed by atoms with Gasteiger partial charge in [0.1, 0.15) is 6.33 Å². The summed E-state index contributed by atoms with van der Waals surface area (Å²) in [5.74, 6) is 0.925. The molecule has 0 spiro atoms. The van der Waals surface area contributed by atoms with E-state index in [1.165, 1.54) is 16.8 Å². The van der Waals surface area contributed by atoms with Crippen LogP contribution in [0.1, 0.15) is 11.1 Å². The molecule has 4 aromatic rings. The second kappa shape index (κ2) is 6.23. The fourth-order valence-electron chi connectivity index (χ4n) is 4.02. The van der Waals surface area contributed by atoms with Gasteiger partial charge in [0, 0.05) is 37.3 Å². The molecule has 27 heavy (non-hydrogen) atoms. The molecule has 6 nitrogen and oxygen atoms in total. The molecule has 2 aromatic carbocycles. The van der Waals surface area contributed by atoms with Crippen molar-refractivity contribution in [3.05, 3.63) is 59.9 Å². The van der Waals surface area contributed by atoms with Crippen molar-refractivity contribution in [3.63, 3.8) is 0 Å². The first-order chi connectivity index (χ1) is 13.2. The van der Waals surface area contributed by atoms with Crippen LogP contribution in [0.4, 0.5) is 11.6 Å². The minimum absolute atomic E-state index is 0.868. The van der Waals surface area contributed by atoms with Crippen LogP contribution in [-0.4, -0.2) is 45.8 Å². The molecule has 0 radical (unpaired) electrons. The van der Waals surface area contributed by atoms with E-state index in [1.54, 1.807) is 6.33 Å². The van der Waals surface area contributed by atoms with Crippen molar-refractivity contribution in [1.82, 2.24) is 19.6 Å². The largest absolute Gasteiger partial charge is 0.368 e. The van der Waals surface area contributed by atoms with Gasteiger partial charge in [-0.05, 0) is 37.6 Å². The number of aryl methyl sites for hydroxylation is 2. The van der Waals surface area contributed by atoms with Crippen LogP contribution in [0.2, 0.25) is 0 Å². The van der Waals surface area contributed by atoms with Gasteiger partial charge < -0.3 is 9.80 Å². The Balaban J connectivity index is 1.46. The van der Waals surface area contributed by atoms with Crippen molar-refractivity contribution in [2.45, 2.75) is 13.8 Å². The summed E-state index contributed by atoms with van der Waals surface area (Å²) in [6.07, 6.45) is 1.76. The van der Waals surface area contributed by atoms with Crippen LogP contribution in [0.3, 0.4) is 0 Å². The fraction of sp³-hybridized carbons (Fsp3) is 0.286. The number of rotatable bonds is 2. The highest BCUT2D eigenvalue weighted by molar-refractivity contribution is 5.92. The predicted octanol–water partition coefficient (Wildman–Crippen LogP) is 3.22. The first-order valence-corrected chi connectivity index (χ1v) is 9.36. The lowest BCUT2D eigenvalue weighted by atomic mass is 10.1. The van der Waals surface area contributed by atoms with E-state index in [-0.39, 0.29) is 0 Å². The highest BCUT2D eigenvalue weighted by atomic mass is 15.4. The lowest BCUT2D eigenvalue weighted by molar-refractivity contribution is 0.637. The van der Waals surface area contributed by atoms with E-state index in [2.05, 4.69) is 52.0 Å². The lowest BCUT2D eigenvalue weighted by Crippen LogP contribution is -2.47. The zero-order valence-corrected chi connectivity index (χ0v) is 15.6. The number of anilines is 2. The molecule has 1 aliphatic heterocycles. The molecular weight excluding hydrogens is 336 g/mol. The van der Waals surface area contributed by atoms with E-state index in [9.17, 15) is 0 Å². The maximum absolute atomic E-state index is 4.92. The van der Waals surface area contributed by atoms with Gasteiger partial charge in [0.2, 0.25) is 5.95 Å². The molecule has 0 atom stereocenters. The number of para-hydroxylation sites is 1. The quantitative estimate of drug-likeness (QED) is 0.551. The minimum atomic E-state index is 0.868. The normalized spacial score (nSPS) is 15.0. The minimum Gasteiger partial charge on any atom is -0.368 e. The van der Waals surface area contributed by atoms with E-state index in [1.807, 2.05) is 28.7 Å². The summed E-state index contributed by atoms with van der Waals surface area (Å²) < 4.78 is 2.01. The molecule has 0 unspecified atom stereocenters.